The molecule has 0 radical (unpaired) electrons. The van der Waals surface area contributed by atoms with Gasteiger partial charge < -0.3 is 19.4 Å². The molecule has 1 aliphatic carbocycles. The fourth-order valence-electron chi connectivity index (χ4n) is 4.58. The monoisotopic (exact) mass is 546 g/mol. The molecule has 0 spiro atoms. The average molecular weight is 547 g/mol. The van der Waals surface area contributed by atoms with Crippen LogP contribution in [0.4, 0.5) is 26.1 Å². The Bertz CT molecular complexity index is 1610. The van der Waals surface area contributed by atoms with Gasteiger partial charge in [0.2, 0.25) is 12.3 Å². The Morgan fingerprint density at radius 2 is 1.98 bits per heavy atom. The zero-order valence-corrected chi connectivity index (χ0v) is 22.3. The molecular weight excluding hydrogens is 518 g/mol. The maximum Gasteiger partial charge on any atom is 0.242 e. The van der Waals surface area contributed by atoms with Crippen LogP contribution in [0.25, 0.3) is 11.0 Å². The molecule has 0 aliphatic heterocycles. The van der Waals surface area contributed by atoms with Gasteiger partial charge in [-0.15, -0.1) is 0 Å². The van der Waals surface area contributed by atoms with Gasteiger partial charge in [-0.05, 0) is 48.7 Å². The molecule has 1 amide bonds. The lowest BCUT2D eigenvalue weighted by Gasteiger charge is -2.24. The van der Waals surface area contributed by atoms with Crippen LogP contribution in [-0.4, -0.2) is 41.1 Å². The minimum Gasteiger partial charge on any atom is -0.497 e. The highest BCUT2D eigenvalue weighted by molar-refractivity contribution is 6.02. The van der Waals surface area contributed by atoms with Gasteiger partial charge >= 0.3 is 0 Å². The van der Waals surface area contributed by atoms with Gasteiger partial charge in [-0.2, -0.15) is 5.26 Å². The standard InChI is InChI=1S/C29H28F2N6O3/c1-36-16-33-27-23(36)13-26(34-22-9-4-17(14-32)10-20(22)11-25(30)31)35-28(27)37(29(38)18-5-6-18)15-19-7-8-21(39-2)12-24(19)40-3/h4,7-10,12-13,16,18,25H,5-6,11,15H2,1-3H3,(H,34,35). The van der Waals surface area contributed by atoms with Gasteiger partial charge in [0, 0.05) is 42.8 Å². The van der Waals surface area contributed by atoms with Crippen LogP contribution in [0.5, 0.6) is 11.5 Å². The van der Waals surface area contributed by atoms with Gasteiger partial charge in [0.15, 0.2) is 5.82 Å². The Kier molecular flexibility index (Phi) is 7.51. The number of aryl methyl sites for hydroxylation is 1. The first kappa shape index (κ1) is 26.9. The minimum atomic E-state index is -2.59. The largest absolute Gasteiger partial charge is 0.497 e. The number of nitrogens with one attached hydrogen (secondary N) is 1. The van der Waals surface area contributed by atoms with E-state index in [-0.39, 0.29) is 29.5 Å². The molecule has 40 heavy (non-hydrogen) atoms. The van der Waals surface area contributed by atoms with Crippen LogP contribution < -0.4 is 19.7 Å². The molecule has 1 fully saturated rings. The second-order valence-electron chi connectivity index (χ2n) is 9.63. The van der Waals surface area contributed by atoms with Gasteiger partial charge in [0.25, 0.3) is 0 Å². The molecule has 4 aromatic rings. The number of carbonyl (C=O) groups is 1. The molecule has 0 bridgehead atoms. The molecule has 2 heterocycles. The Labute approximate surface area is 230 Å². The number of nitrogens with zero attached hydrogens (tertiary/aromatic N) is 5. The molecule has 2 aromatic carbocycles. The molecule has 1 aliphatic rings. The van der Waals surface area contributed by atoms with Crippen molar-refractivity contribution in [2.75, 3.05) is 24.4 Å². The summed E-state index contributed by atoms with van der Waals surface area (Å²) in [5.41, 5.74) is 2.96. The minimum absolute atomic E-state index is 0.0776. The summed E-state index contributed by atoms with van der Waals surface area (Å²) in [6.07, 6.45) is 0.101. The maximum absolute atomic E-state index is 13.7. The van der Waals surface area contributed by atoms with Gasteiger partial charge in [-0.25, -0.2) is 18.7 Å². The number of carbonyl (C=O) groups excluding carboxylic acids is 1. The number of alkyl halides is 2. The van der Waals surface area contributed by atoms with Crippen molar-refractivity contribution in [3.63, 3.8) is 0 Å². The van der Waals surface area contributed by atoms with Crippen molar-refractivity contribution < 1.29 is 23.0 Å². The zero-order valence-electron chi connectivity index (χ0n) is 22.3. The van der Waals surface area contributed by atoms with E-state index in [2.05, 4.69) is 10.3 Å². The number of methoxy groups -OCH3 is 2. The van der Waals surface area contributed by atoms with Crippen molar-refractivity contribution in [3.05, 3.63) is 65.5 Å². The van der Waals surface area contributed by atoms with Crippen molar-refractivity contribution in [3.8, 4) is 17.6 Å². The summed E-state index contributed by atoms with van der Waals surface area (Å²) < 4.78 is 39.4. The highest BCUT2D eigenvalue weighted by atomic mass is 19.3. The number of halogens is 2. The Balaban J connectivity index is 1.60. The molecule has 0 unspecified atom stereocenters. The van der Waals surface area contributed by atoms with E-state index in [4.69, 9.17) is 14.5 Å². The topological polar surface area (TPSA) is 105 Å². The number of amides is 1. The molecule has 5 rings (SSSR count). The van der Waals surface area contributed by atoms with E-state index >= 15 is 0 Å². The summed E-state index contributed by atoms with van der Waals surface area (Å²) in [7, 11) is 4.95. The lowest BCUT2D eigenvalue weighted by atomic mass is 10.1. The number of benzene rings is 2. The first-order valence-corrected chi connectivity index (χ1v) is 12.7. The number of ether oxygens (including phenoxy) is 2. The van der Waals surface area contributed by atoms with Crippen LogP contribution in [0.1, 0.15) is 29.5 Å². The number of imidazole rings is 1. The van der Waals surface area contributed by atoms with E-state index in [0.717, 1.165) is 18.4 Å². The average Bonchev–Trinajstić information content (AvgIpc) is 3.74. The molecule has 1 N–H and O–H groups in total. The van der Waals surface area contributed by atoms with Crippen LogP contribution >= 0.6 is 0 Å². The van der Waals surface area contributed by atoms with E-state index in [1.165, 1.54) is 6.07 Å². The fraction of sp³-hybridized carbons (Fsp3) is 0.310. The summed E-state index contributed by atoms with van der Waals surface area (Å²) in [6.45, 7) is 0.179. The second-order valence-corrected chi connectivity index (χ2v) is 9.63. The van der Waals surface area contributed by atoms with E-state index in [1.54, 1.807) is 60.3 Å². The SMILES string of the molecule is COc1ccc(CN(C(=O)C2CC2)c2nc(Nc3ccc(C#N)cc3CC(F)F)cc3c2ncn3C)c(OC)c1. The normalized spacial score (nSPS) is 12.8. The van der Waals surface area contributed by atoms with Crippen molar-refractivity contribution in [1.82, 2.24) is 14.5 Å². The number of rotatable bonds is 10. The van der Waals surface area contributed by atoms with Gasteiger partial charge in [-0.3, -0.25) is 9.69 Å². The Morgan fingerprint density at radius 3 is 2.65 bits per heavy atom. The summed E-state index contributed by atoms with van der Waals surface area (Å²) in [5.74, 6) is 1.69. The third kappa shape index (κ3) is 5.52. The van der Waals surface area contributed by atoms with Crippen LogP contribution in [0.15, 0.2) is 48.8 Å². The number of hydrogen-bond donors (Lipinski definition) is 1. The van der Waals surface area contributed by atoms with Crippen molar-refractivity contribution in [2.24, 2.45) is 13.0 Å². The van der Waals surface area contributed by atoms with Gasteiger partial charge in [-0.1, -0.05) is 0 Å². The Morgan fingerprint density at radius 1 is 1.18 bits per heavy atom. The third-order valence-corrected chi connectivity index (χ3v) is 6.84. The molecule has 2 aromatic heterocycles. The number of hydrogen-bond acceptors (Lipinski definition) is 7. The van der Waals surface area contributed by atoms with Crippen molar-refractivity contribution in [2.45, 2.75) is 32.2 Å². The molecule has 0 atom stereocenters. The summed E-state index contributed by atoms with van der Waals surface area (Å²) >= 11 is 0. The Hall–Kier alpha value is -4.72. The lowest BCUT2D eigenvalue weighted by molar-refractivity contribution is -0.119. The molecule has 11 heteroatoms. The predicted molar refractivity (Wildman–Crippen MR) is 146 cm³/mol. The molecule has 9 nitrogen and oxygen atoms in total. The van der Waals surface area contributed by atoms with E-state index < -0.39 is 12.8 Å². The quantitative estimate of drug-likeness (QED) is 0.286. The number of fused-ring (bicyclic) bond motifs is 1. The highest BCUT2D eigenvalue weighted by Gasteiger charge is 2.36. The second kappa shape index (κ2) is 11.2. The highest BCUT2D eigenvalue weighted by Crippen LogP contribution is 2.37. The van der Waals surface area contributed by atoms with E-state index in [0.29, 0.717) is 39.9 Å². The first-order valence-electron chi connectivity index (χ1n) is 12.7. The number of nitriles is 1. The number of aromatic nitrogens is 3. The first-order chi connectivity index (χ1) is 19.3. The predicted octanol–water partition coefficient (Wildman–Crippen LogP) is 5.35. The maximum atomic E-state index is 13.7. The van der Waals surface area contributed by atoms with Gasteiger partial charge in [0.05, 0.1) is 44.2 Å². The van der Waals surface area contributed by atoms with E-state index in [1.807, 2.05) is 19.2 Å². The summed E-state index contributed by atoms with van der Waals surface area (Å²) in [5, 5.41) is 12.4. The van der Waals surface area contributed by atoms with Crippen LogP contribution in [-0.2, 0) is 24.8 Å². The van der Waals surface area contributed by atoms with Gasteiger partial charge in [0.1, 0.15) is 22.8 Å². The molecular formula is C29H28F2N6O3. The summed E-state index contributed by atoms with van der Waals surface area (Å²) in [4.78, 5) is 24.6. The zero-order chi connectivity index (χ0) is 28.4. The van der Waals surface area contributed by atoms with Crippen LogP contribution in [0.2, 0.25) is 0 Å². The van der Waals surface area contributed by atoms with Crippen LogP contribution in [0.3, 0.4) is 0 Å². The number of pyridine rings is 1. The lowest BCUT2D eigenvalue weighted by Crippen LogP contribution is -2.33. The molecule has 206 valence electrons. The van der Waals surface area contributed by atoms with Crippen LogP contribution in [0, 0.1) is 17.2 Å². The van der Waals surface area contributed by atoms with Crippen molar-refractivity contribution >= 4 is 34.3 Å². The van der Waals surface area contributed by atoms with E-state index in [9.17, 15) is 18.8 Å². The smallest absolute Gasteiger partial charge is 0.242 e. The molecule has 0 saturated heterocycles. The summed E-state index contributed by atoms with van der Waals surface area (Å²) in [6, 6.07) is 13.7. The number of anilines is 3. The third-order valence-electron chi connectivity index (χ3n) is 6.84. The fourth-order valence-corrected chi connectivity index (χ4v) is 4.58. The van der Waals surface area contributed by atoms with Crippen molar-refractivity contribution in [1.29, 1.82) is 5.26 Å². The molecule has 1 saturated carbocycles.